The number of rotatable bonds is 7. The van der Waals surface area contributed by atoms with Gasteiger partial charge in [-0.05, 0) is 35.9 Å². The normalized spacial score (nSPS) is 14.6. The molecule has 2 aromatic carbocycles. The number of nitriles is 1. The van der Waals surface area contributed by atoms with Gasteiger partial charge in [0.2, 0.25) is 5.95 Å². The number of aliphatic hydroxyl groups is 1. The molecule has 3 aromatic rings. The average molecular weight is 460 g/mol. The van der Waals surface area contributed by atoms with Gasteiger partial charge < -0.3 is 24.2 Å². The van der Waals surface area contributed by atoms with Crippen molar-refractivity contribution >= 4 is 17.6 Å². The van der Waals surface area contributed by atoms with Gasteiger partial charge in [0, 0.05) is 13.1 Å². The van der Waals surface area contributed by atoms with Gasteiger partial charge in [-0.1, -0.05) is 30.3 Å². The molecule has 1 N–H and O–H groups in total. The molecule has 1 fully saturated rings. The molecule has 0 saturated carbocycles. The number of hydrogen-bond donors (Lipinski definition) is 1. The summed E-state index contributed by atoms with van der Waals surface area (Å²) >= 11 is 0. The van der Waals surface area contributed by atoms with Crippen LogP contribution in [0.2, 0.25) is 0 Å². The molecule has 1 aromatic heterocycles. The van der Waals surface area contributed by atoms with Gasteiger partial charge >= 0.3 is 0 Å². The molecule has 174 valence electrons. The molecule has 4 rings (SSSR count). The van der Waals surface area contributed by atoms with Crippen molar-refractivity contribution in [1.82, 2.24) is 14.8 Å². The molecule has 1 saturated heterocycles. The Morgan fingerprint density at radius 1 is 1.06 bits per heavy atom. The fourth-order valence-corrected chi connectivity index (χ4v) is 3.66. The number of morpholine rings is 1. The second-order valence-corrected chi connectivity index (χ2v) is 7.41. The van der Waals surface area contributed by atoms with E-state index in [2.05, 4.69) is 21.2 Å². The van der Waals surface area contributed by atoms with E-state index in [1.165, 1.54) is 6.08 Å². The first kappa shape index (κ1) is 22.9. The second kappa shape index (κ2) is 10.6. The Bertz CT molecular complexity index is 1240. The van der Waals surface area contributed by atoms with Gasteiger partial charge in [0.05, 0.1) is 33.1 Å². The van der Waals surface area contributed by atoms with E-state index in [-0.39, 0.29) is 17.2 Å². The molecule has 9 heteroatoms. The minimum Gasteiger partial charge on any atom is -0.506 e. The lowest BCUT2D eigenvalue weighted by Crippen LogP contribution is -2.38. The van der Waals surface area contributed by atoms with E-state index in [0.717, 1.165) is 11.3 Å². The van der Waals surface area contributed by atoms with E-state index >= 15 is 0 Å². The van der Waals surface area contributed by atoms with Gasteiger partial charge in [-0.15, -0.1) is 10.2 Å². The monoisotopic (exact) mass is 459 g/mol. The van der Waals surface area contributed by atoms with Crippen molar-refractivity contribution in [1.29, 1.82) is 5.26 Å². The first-order valence-corrected chi connectivity index (χ1v) is 10.7. The van der Waals surface area contributed by atoms with Gasteiger partial charge in [0.15, 0.2) is 17.3 Å². The van der Waals surface area contributed by atoms with E-state index < -0.39 is 0 Å². The Balaban J connectivity index is 1.75. The molecule has 0 bridgehead atoms. The maximum Gasteiger partial charge on any atom is 0.232 e. The number of benzene rings is 2. The Morgan fingerprint density at radius 2 is 1.79 bits per heavy atom. The van der Waals surface area contributed by atoms with Crippen LogP contribution in [0.25, 0.3) is 17.3 Å². The van der Waals surface area contributed by atoms with Gasteiger partial charge in [-0.3, -0.25) is 4.57 Å². The van der Waals surface area contributed by atoms with Crippen molar-refractivity contribution in [2.75, 3.05) is 45.4 Å². The van der Waals surface area contributed by atoms with Crippen LogP contribution in [0.4, 0.5) is 5.95 Å². The third-order valence-electron chi connectivity index (χ3n) is 5.39. The summed E-state index contributed by atoms with van der Waals surface area (Å²) in [6.07, 6.45) is 3.14. The van der Waals surface area contributed by atoms with Crippen LogP contribution in [0.1, 0.15) is 11.4 Å². The summed E-state index contributed by atoms with van der Waals surface area (Å²) in [6.45, 7) is 2.47. The molecule has 9 nitrogen and oxygen atoms in total. The van der Waals surface area contributed by atoms with Gasteiger partial charge in [0.1, 0.15) is 17.4 Å². The fourth-order valence-electron chi connectivity index (χ4n) is 3.66. The lowest BCUT2D eigenvalue weighted by Gasteiger charge is -2.28. The molecule has 0 radical (unpaired) electrons. The number of methoxy groups -OCH3 is 2. The van der Waals surface area contributed by atoms with Crippen LogP contribution >= 0.6 is 0 Å². The number of hydrogen-bond acceptors (Lipinski definition) is 8. The summed E-state index contributed by atoms with van der Waals surface area (Å²) in [5.41, 5.74) is 1.56. The fraction of sp³-hybridized carbons (Fsp3) is 0.240. The van der Waals surface area contributed by atoms with Crippen LogP contribution in [-0.4, -0.2) is 60.4 Å². The molecule has 1 aliphatic rings. The number of anilines is 1. The van der Waals surface area contributed by atoms with Gasteiger partial charge in [-0.2, -0.15) is 5.26 Å². The lowest BCUT2D eigenvalue weighted by molar-refractivity contribution is 0.122. The Labute approximate surface area is 197 Å². The third-order valence-corrected chi connectivity index (χ3v) is 5.39. The van der Waals surface area contributed by atoms with Crippen molar-refractivity contribution in [3.8, 4) is 23.3 Å². The number of nitrogens with zero attached hydrogens (tertiary/aromatic N) is 5. The number of aliphatic hydroxyl groups excluding tert-OH is 1. The SMILES string of the molecule is COc1ccc(C=CC(O)=C(C#N)c2nnc(N3CCOCC3)n2-c2ccccc2)cc1OC. The van der Waals surface area contributed by atoms with Crippen molar-refractivity contribution < 1.29 is 19.3 Å². The van der Waals surface area contributed by atoms with Crippen LogP contribution in [0, 0.1) is 11.3 Å². The Morgan fingerprint density at radius 3 is 2.47 bits per heavy atom. The molecule has 0 spiro atoms. The molecule has 0 amide bonds. The summed E-state index contributed by atoms with van der Waals surface area (Å²) in [7, 11) is 3.12. The molecule has 2 heterocycles. The number of para-hydroxylation sites is 1. The molecule has 0 aliphatic carbocycles. The van der Waals surface area contributed by atoms with Crippen molar-refractivity contribution in [2.45, 2.75) is 0 Å². The van der Waals surface area contributed by atoms with E-state index in [1.807, 2.05) is 36.4 Å². The molecular weight excluding hydrogens is 434 g/mol. The zero-order chi connectivity index (χ0) is 23.9. The van der Waals surface area contributed by atoms with Crippen LogP contribution < -0.4 is 14.4 Å². The van der Waals surface area contributed by atoms with Crippen LogP contribution in [-0.2, 0) is 4.74 Å². The second-order valence-electron chi connectivity index (χ2n) is 7.41. The topological polar surface area (TPSA) is 106 Å². The number of aromatic nitrogens is 3. The lowest BCUT2D eigenvalue weighted by atomic mass is 10.1. The largest absolute Gasteiger partial charge is 0.506 e. The van der Waals surface area contributed by atoms with Crippen molar-refractivity contribution in [3.05, 3.63) is 71.8 Å². The maximum absolute atomic E-state index is 10.8. The smallest absolute Gasteiger partial charge is 0.232 e. The predicted octanol–water partition coefficient (Wildman–Crippen LogP) is 3.63. The quantitative estimate of drug-likeness (QED) is 0.324. The minimum absolute atomic E-state index is 0.00703. The van der Waals surface area contributed by atoms with E-state index in [9.17, 15) is 10.4 Å². The summed E-state index contributed by atoms with van der Waals surface area (Å²) < 4.78 is 17.8. The van der Waals surface area contributed by atoms with Crippen molar-refractivity contribution in [2.24, 2.45) is 0 Å². The molecule has 0 atom stereocenters. The highest BCUT2D eigenvalue weighted by atomic mass is 16.5. The predicted molar refractivity (Wildman–Crippen MR) is 128 cm³/mol. The molecule has 0 unspecified atom stereocenters. The average Bonchev–Trinajstić information content (AvgIpc) is 3.33. The number of ether oxygens (including phenoxy) is 3. The third kappa shape index (κ3) is 4.72. The minimum atomic E-state index is -0.226. The standard InChI is InChI=1S/C25H25N5O4/c1-32-22-11-9-18(16-23(22)33-2)8-10-21(31)20(17-26)24-27-28-25(29-12-14-34-15-13-29)30(24)19-6-4-3-5-7-19/h3-11,16,31H,12-15H2,1-2H3. The van der Waals surface area contributed by atoms with Gasteiger partial charge in [-0.25, -0.2) is 0 Å². The van der Waals surface area contributed by atoms with Crippen molar-refractivity contribution in [3.63, 3.8) is 0 Å². The summed E-state index contributed by atoms with van der Waals surface area (Å²) in [6, 6.07) is 17.0. The highest BCUT2D eigenvalue weighted by molar-refractivity contribution is 5.79. The molecule has 1 aliphatic heterocycles. The Kier molecular flexibility index (Phi) is 7.10. The highest BCUT2D eigenvalue weighted by Crippen LogP contribution is 2.29. The first-order valence-electron chi connectivity index (χ1n) is 10.7. The maximum atomic E-state index is 10.8. The Hall–Kier alpha value is -4.29. The van der Waals surface area contributed by atoms with E-state index in [0.29, 0.717) is 43.8 Å². The van der Waals surface area contributed by atoms with E-state index in [4.69, 9.17) is 14.2 Å². The van der Waals surface area contributed by atoms with Crippen LogP contribution in [0.3, 0.4) is 0 Å². The molecular formula is C25H25N5O4. The summed E-state index contributed by atoms with van der Waals surface area (Å²) in [5, 5.41) is 29.4. The van der Waals surface area contributed by atoms with Gasteiger partial charge in [0.25, 0.3) is 0 Å². The zero-order valence-corrected chi connectivity index (χ0v) is 19.0. The molecule has 34 heavy (non-hydrogen) atoms. The van der Waals surface area contributed by atoms with E-state index in [1.54, 1.807) is 37.0 Å². The number of allylic oxidation sites excluding steroid dienone is 2. The first-order chi connectivity index (χ1) is 16.7. The summed E-state index contributed by atoms with van der Waals surface area (Å²) in [4.78, 5) is 2.05. The zero-order valence-electron chi connectivity index (χ0n) is 19.0. The summed E-state index contributed by atoms with van der Waals surface area (Å²) in [5.74, 6) is 1.78. The van der Waals surface area contributed by atoms with Crippen LogP contribution in [0.5, 0.6) is 11.5 Å². The van der Waals surface area contributed by atoms with Crippen LogP contribution in [0.15, 0.2) is 60.4 Å². The highest BCUT2D eigenvalue weighted by Gasteiger charge is 2.24.